The fourth-order valence-corrected chi connectivity index (χ4v) is 3.38. The van der Waals surface area contributed by atoms with Crippen LogP contribution in [0.3, 0.4) is 0 Å². The van der Waals surface area contributed by atoms with Crippen LogP contribution in [-0.2, 0) is 14.8 Å². The Morgan fingerprint density at radius 2 is 2.04 bits per heavy atom. The Labute approximate surface area is 137 Å². The van der Waals surface area contributed by atoms with E-state index in [0.29, 0.717) is 25.9 Å². The normalized spacial score (nSPS) is 16.7. The third-order valence-electron chi connectivity index (χ3n) is 3.70. The lowest BCUT2D eigenvalue weighted by atomic mass is 10.1. The number of amides is 1. The molecule has 6 nitrogen and oxygen atoms in total. The summed E-state index contributed by atoms with van der Waals surface area (Å²) in [6.07, 6.45) is 5.71. The number of benzene rings is 1. The van der Waals surface area contributed by atoms with E-state index >= 15 is 0 Å². The number of nitrogens with one attached hydrogen (secondary N) is 1. The number of ether oxygens (including phenoxy) is 1. The van der Waals surface area contributed by atoms with Gasteiger partial charge in [-0.15, -0.1) is 0 Å². The van der Waals surface area contributed by atoms with Crippen molar-refractivity contribution in [3.63, 3.8) is 0 Å². The van der Waals surface area contributed by atoms with Crippen LogP contribution in [0.4, 0.5) is 0 Å². The van der Waals surface area contributed by atoms with Crippen LogP contribution < -0.4 is 9.46 Å². The third kappa shape index (κ3) is 5.69. The smallest absolute Gasteiger partial charge is 0.246 e. The standard InChI is InChI=1S/C16H22N2O4S/c1-22-15-5-3-4-13(12-15)6-7-16(19)18-10-8-14(9-11-18)17-23(2,20)21/h3-7,12,14,17H,8-11H2,1-2H3. The van der Waals surface area contributed by atoms with Gasteiger partial charge in [-0.3, -0.25) is 4.79 Å². The molecule has 0 spiro atoms. The Bertz CT molecular complexity index is 677. The van der Waals surface area contributed by atoms with Gasteiger partial charge in [0.2, 0.25) is 15.9 Å². The van der Waals surface area contributed by atoms with Crippen LogP contribution in [0.2, 0.25) is 0 Å². The van der Waals surface area contributed by atoms with E-state index in [1.165, 1.54) is 0 Å². The van der Waals surface area contributed by atoms with E-state index in [9.17, 15) is 13.2 Å². The Hall–Kier alpha value is -1.86. The van der Waals surface area contributed by atoms with Gasteiger partial charge in [0.05, 0.1) is 13.4 Å². The molecule has 1 N–H and O–H groups in total. The van der Waals surface area contributed by atoms with E-state index in [1.54, 1.807) is 24.2 Å². The van der Waals surface area contributed by atoms with Crippen LogP contribution in [-0.4, -0.2) is 51.7 Å². The summed E-state index contributed by atoms with van der Waals surface area (Å²) >= 11 is 0. The number of carbonyl (C=O) groups is 1. The molecule has 1 fully saturated rings. The molecular formula is C16H22N2O4S. The van der Waals surface area contributed by atoms with Gasteiger partial charge < -0.3 is 9.64 Å². The van der Waals surface area contributed by atoms with Crippen molar-refractivity contribution in [2.24, 2.45) is 0 Å². The van der Waals surface area contributed by atoms with Crippen molar-refractivity contribution in [2.75, 3.05) is 26.5 Å². The molecule has 1 aromatic carbocycles. The van der Waals surface area contributed by atoms with Gasteiger partial charge in [0, 0.05) is 25.2 Å². The zero-order valence-electron chi connectivity index (χ0n) is 13.4. The lowest BCUT2D eigenvalue weighted by Gasteiger charge is -2.31. The van der Waals surface area contributed by atoms with Crippen molar-refractivity contribution in [1.29, 1.82) is 0 Å². The van der Waals surface area contributed by atoms with E-state index in [2.05, 4.69) is 4.72 Å². The summed E-state index contributed by atoms with van der Waals surface area (Å²) in [5.74, 6) is 0.679. The highest BCUT2D eigenvalue weighted by Gasteiger charge is 2.23. The molecule has 1 aliphatic rings. The second-order valence-electron chi connectivity index (χ2n) is 5.60. The molecule has 0 unspecified atom stereocenters. The second kappa shape index (κ2) is 7.61. The molecule has 7 heteroatoms. The van der Waals surface area contributed by atoms with E-state index in [4.69, 9.17) is 4.74 Å². The van der Waals surface area contributed by atoms with Gasteiger partial charge in [-0.05, 0) is 36.6 Å². The summed E-state index contributed by atoms with van der Waals surface area (Å²) in [6, 6.07) is 7.38. The maximum atomic E-state index is 12.2. The summed E-state index contributed by atoms with van der Waals surface area (Å²) in [5, 5.41) is 0. The van der Waals surface area contributed by atoms with Gasteiger partial charge in [0.15, 0.2) is 0 Å². The quantitative estimate of drug-likeness (QED) is 0.820. The topological polar surface area (TPSA) is 75.7 Å². The number of likely N-dealkylation sites (tertiary alicyclic amines) is 1. The average molecular weight is 338 g/mol. The van der Waals surface area contributed by atoms with Gasteiger partial charge in [-0.25, -0.2) is 13.1 Å². The highest BCUT2D eigenvalue weighted by atomic mass is 32.2. The molecule has 2 rings (SSSR count). The second-order valence-corrected chi connectivity index (χ2v) is 7.38. The molecule has 0 aromatic heterocycles. The van der Waals surface area contributed by atoms with Gasteiger partial charge in [0.1, 0.15) is 5.75 Å². The molecular weight excluding hydrogens is 316 g/mol. The average Bonchev–Trinajstić information content (AvgIpc) is 2.52. The molecule has 1 amide bonds. The Kier molecular flexibility index (Phi) is 5.79. The predicted molar refractivity (Wildman–Crippen MR) is 89.6 cm³/mol. The summed E-state index contributed by atoms with van der Waals surface area (Å²) in [5.41, 5.74) is 0.895. The molecule has 0 bridgehead atoms. The molecule has 23 heavy (non-hydrogen) atoms. The summed E-state index contributed by atoms with van der Waals surface area (Å²) < 4.78 is 30.2. The molecule has 1 aliphatic heterocycles. The summed E-state index contributed by atoms with van der Waals surface area (Å²) in [7, 11) is -1.59. The lowest BCUT2D eigenvalue weighted by molar-refractivity contribution is -0.126. The van der Waals surface area contributed by atoms with Crippen LogP contribution in [0, 0.1) is 0 Å². The van der Waals surface area contributed by atoms with E-state index < -0.39 is 10.0 Å². The molecule has 0 saturated carbocycles. The minimum atomic E-state index is -3.19. The number of sulfonamides is 1. The number of rotatable bonds is 5. The molecule has 1 aromatic rings. The van der Waals surface area contributed by atoms with Gasteiger partial charge >= 0.3 is 0 Å². The largest absolute Gasteiger partial charge is 0.497 e. The van der Waals surface area contributed by atoms with Crippen molar-refractivity contribution in [3.8, 4) is 5.75 Å². The highest BCUT2D eigenvalue weighted by Crippen LogP contribution is 2.15. The Morgan fingerprint density at radius 1 is 1.35 bits per heavy atom. The van der Waals surface area contributed by atoms with Crippen LogP contribution in [0.25, 0.3) is 6.08 Å². The first-order valence-electron chi connectivity index (χ1n) is 7.46. The van der Waals surface area contributed by atoms with Gasteiger partial charge in [-0.1, -0.05) is 12.1 Å². The monoisotopic (exact) mass is 338 g/mol. The van der Waals surface area contributed by atoms with Crippen molar-refractivity contribution in [3.05, 3.63) is 35.9 Å². The third-order valence-corrected chi connectivity index (χ3v) is 4.46. The lowest BCUT2D eigenvalue weighted by Crippen LogP contribution is -2.45. The first-order valence-corrected chi connectivity index (χ1v) is 9.35. The Morgan fingerprint density at radius 3 is 2.65 bits per heavy atom. The number of hydrogen-bond acceptors (Lipinski definition) is 4. The van der Waals surface area contributed by atoms with E-state index in [-0.39, 0.29) is 11.9 Å². The zero-order chi connectivity index (χ0) is 16.9. The molecule has 126 valence electrons. The fraction of sp³-hybridized carbons (Fsp3) is 0.438. The fourth-order valence-electron chi connectivity index (χ4n) is 2.54. The summed E-state index contributed by atoms with van der Waals surface area (Å²) in [6.45, 7) is 1.10. The van der Waals surface area contributed by atoms with Crippen LogP contribution in [0.1, 0.15) is 18.4 Å². The number of methoxy groups -OCH3 is 1. The van der Waals surface area contributed by atoms with Gasteiger partial charge in [0.25, 0.3) is 0 Å². The van der Waals surface area contributed by atoms with Crippen LogP contribution in [0.15, 0.2) is 30.3 Å². The molecule has 0 atom stereocenters. The van der Waals surface area contributed by atoms with Crippen LogP contribution in [0.5, 0.6) is 5.75 Å². The molecule has 1 saturated heterocycles. The number of carbonyl (C=O) groups excluding carboxylic acids is 1. The minimum Gasteiger partial charge on any atom is -0.497 e. The summed E-state index contributed by atoms with van der Waals surface area (Å²) in [4.78, 5) is 13.9. The molecule has 0 radical (unpaired) electrons. The Balaban J connectivity index is 1.88. The number of hydrogen-bond donors (Lipinski definition) is 1. The predicted octanol–water partition coefficient (Wildman–Crippen LogP) is 1.25. The van der Waals surface area contributed by atoms with Crippen molar-refractivity contribution in [2.45, 2.75) is 18.9 Å². The maximum absolute atomic E-state index is 12.2. The van der Waals surface area contributed by atoms with Crippen LogP contribution >= 0.6 is 0 Å². The van der Waals surface area contributed by atoms with E-state index in [1.807, 2.05) is 24.3 Å². The van der Waals surface area contributed by atoms with Crippen molar-refractivity contribution in [1.82, 2.24) is 9.62 Å². The maximum Gasteiger partial charge on any atom is 0.246 e. The zero-order valence-corrected chi connectivity index (χ0v) is 14.2. The first kappa shape index (κ1) is 17.5. The number of nitrogens with zero attached hydrogens (tertiary/aromatic N) is 1. The SMILES string of the molecule is COc1cccc(C=CC(=O)N2CCC(NS(C)(=O)=O)CC2)c1. The first-order chi connectivity index (χ1) is 10.9. The number of piperidine rings is 1. The minimum absolute atomic E-state index is 0.0642. The highest BCUT2D eigenvalue weighted by molar-refractivity contribution is 7.88. The van der Waals surface area contributed by atoms with E-state index in [0.717, 1.165) is 17.6 Å². The molecule has 0 aliphatic carbocycles. The molecule has 1 heterocycles. The van der Waals surface area contributed by atoms with Crippen molar-refractivity contribution >= 4 is 22.0 Å². The van der Waals surface area contributed by atoms with Gasteiger partial charge in [-0.2, -0.15) is 0 Å². The van der Waals surface area contributed by atoms with Crippen molar-refractivity contribution < 1.29 is 17.9 Å².